The lowest BCUT2D eigenvalue weighted by Crippen LogP contribution is -2.43. The Balaban J connectivity index is 1.80. The SMILES string of the molecule is CCc1ncnc(N2CCC(O)(c3ccccc3Cl)CC2)c1F. The van der Waals surface area contributed by atoms with Gasteiger partial charge in [-0.25, -0.2) is 14.4 Å². The maximum absolute atomic E-state index is 14.4. The highest BCUT2D eigenvalue weighted by Crippen LogP contribution is 2.37. The molecule has 0 unspecified atom stereocenters. The first kappa shape index (κ1) is 16.1. The van der Waals surface area contributed by atoms with Crippen molar-refractivity contribution in [2.45, 2.75) is 31.8 Å². The van der Waals surface area contributed by atoms with Gasteiger partial charge in [-0.2, -0.15) is 0 Å². The Labute approximate surface area is 139 Å². The van der Waals surface area contributed by atoms with Crippen molar-refractivity contribution in [2.24, 2.45) is 0 Å². The van der Waals surface area contributed by atoms with Gasteiger partial charge in [-0.1, -0.05) is 36.7 Å². The summed E-state index contributed by atoms with van der Waals surface area (Å²) in [5.41, 5.74) is 0.173. The monoisotopic (exact) mass is 335 g/mol. The van der Waals surface area contributed by atoms with Gasteiger partial charge in [0.05, 0.1) is 11.3 Å². The fourth-order valence-electron chi connectivity index (χ4n) is 3.06. The van der Waals surface area contributed by atoms with Gasteiger partial charge in [0, 0.05) is 23.7 Å². The van der Waals surface area contributed by atoms with Crippen LogP contribution in [0.5, 0.6) is 0 Å². The molecule has 122 valence electrons. The molecule has 0 amide bonds. The molecule has 1 N–H and O–H groups in total. The maximum Gasteiger partial charge on any atom is 0.187 e. The molecule has 0 aliphatic carbocycles. The highest BCUT2D eigenvalue weighted by Gasteiger charge is 2.36. The number of benzene rings is 1. The number of piperidine rings is 1. The van der Waals surface area contributed by atoms with Crippen molar-refractivity contribution in [1.29, 1.82) is 0 Å². The van der Waals surface area contributed by atoms with E-state index >= 15 is 0 Å². The Morgan fingerprint density at radius 2 is 1.96 bits per heavy atom. The van der Waals surface area contributed by atoms with Crippen LogP contribution in [0.4, 0.5) is 10.2 Å². The van der Waals surface area contributed by atoms with Crippen molar-refractivity contribution < 1.29 is 9.50 Å². The Morgan fingerprint density at radius 1 is 1.26 bits per heavy atom. The summed E-state index contributed by atoms with van der Waals surface area (Å²) in [6, 6.07) is 7.33. The number of aromatic nitrogens is 2. The molecule has 4 nitrogen and oxygen atoms in total. The van der Waals surface area contributed by atoms with Crippen molar-refractivity contribution in [3.05, 3.63) is 52.7 Å². The number of hydrogen-bond acceptors (Lipinski definition) is 4. The quantitative estimate of drug-likeness (QED) is 0.934. The zero-order valence-corrected chi connectivity index (χ0v) is 13.7. The first-order valence-electron chi connectivity index (χ1n) is 7.77. The maximum atomic E-state index is 14.4. The number of hydrogen-bond donors (Lipinski definition) is 1. The van der Waals surface area contributed by atoms with E-state index in [1.165, 1.54) is 6.33 Å². The Morgan fingerprint density at radius 3 is 2.61 bits per heavy atom. The van der Waals surface area contributed by atoms with E-state index in [1.807, 2.05) is 30.0 Å². The second kappa shape index (κ2) is 6.42. The summed E-state index contributed by atoms with van der Waals surface area (Å²) in [4.78, 5) is 9.90. The van der Waals surface area contributed by atoms with E-state index in [-0.39, 0.29) is 5.82 Å². The molecule has 0 radical (unpaired) electrons. The van der Waals surface area contributed by atoms with Gasteiger partial charge in [0.25, 0.3) is 0 Å². The summed E-state index contributed by atoms with van der Waals surface area (Å²) in [5.74, 6) is -0.0451. The summed E-state index contributed by atoms with van der Waals surface area (Å²) in [6.07, 6.45) is 2.87. The van der Waals surface area contributed by atoms with Gasteiger partial charge in [-0.05, 0) is 25.3 Å². The Hall–Kier alpha value is -1.72. The topological polar surface area (TPSA) is 49.2 Å². The smallest absolute Gasteiger partial charge is 0.187 e. The van der Waals surface area contributed by atoms with Crippen LogP contribution in [0.25, 0.3) is 0 Å². The van der Waals surface area contributed by atoms with E-state index in [1.54, 1.807) is 6.07 Å². The lowest BCUT2D eigenvalue weighted by Gasteiger charge is -2.39. The molecule has 1 aliphatic heterocycles. The molecular weight excluding hydrogens is 317 g/mol. The highest BCUT2D eigenvalue weighted by atomic mass is 35.5. The predicted octanol–water partition coefficient (Wildman–Crippen LogP) is 3.32. The molecule has 1 aliphatic rings. The summed E-state index contributed by atoms with van der Waals surface area (Å²) in [7, 11) is 0. The third-order valence-corrected chi connectivity index (χ3v) is 4.77. The average Bonchev–Trinajstić information content (AvgIpc) is 2.56. The minimum Gasteiger partial charge on any atom is -0.385 e. The molecule has 2 aromatic rings. The van der Waals surface area contributed by atoms with E-state index in [4.69, 9.17) is 11.6 Å². The van der Waals surface area contributed by atoms with Crippen LogP contribution in [-0.2, 0) is 12.0 Å². The third kappa shape index (κ3) is 3.03. The number of aryl methyl sites for hydroxylation is 1. The molecule has 23 heavy (non-hydrogen) atoms. The lowest BCUT2D eigenvalue weighted by molar-refractivity contribution is 0.0116. The van der Waals surface area contributed by atoms with Crippen LogP contribution in [-0.4, -0.2) is 28.2 Å². The second-order valence-corrected chi connectivity index (χ2v) is 6.22. The molecule has 6 heteroatoms. The van der Waals surface area contributed by atoms with Gasteiger partial charge in [-0.3, -0.25) is 0 Å². The van der Waals surface area contributed by atoms with Crippen molar-refractivity contribution in [3.63, 3.8) is 0 Å². The van der Waals surface area contributed by atoms with Gasteiger partial charge in [0.15, 0.2) is 11.6 Å². The first-order chi connectivity index (χ1) is 11.0. The highest BCUT2D eigenvalue weighted by molar-refractivity contribution is 6.31. The molecule has 1 aromatic carbocycles. The van der Waals surface area contributed by atoms with Crippen LogP contribution in [0.3, 0.4) is 0 Å². The summed E-state index contributed by atoms with van der Waals surface area (Å²) in [6.45, 7) is 2.89. The van der Waals surface area contributed by atoms with Crippen molar-refractivity contribution in [2.75, 3.05) is 18.0 Å². The summed E-state index contributed by atoms with van der Waals surface area (Å²) in [5, 5.41) is 11.5. The van der Waals surface area contributed by atoms with Crippen molar-refractivity contribution in [3.8, 4) is 0 Å². The molecule has 0 bridgehead atoms. The van der Waals surface area contributed by atoms with Gasteiger partial charge in [0.2, 0.25) is 0 Å². The van der Waals surface area contributed by atoms with E-state index in [9.17, 15) is 9.50 Å². The van der Waals surface area contributed by atoms with E-state index in [2.05, 4.69) is 9.97 Å². The number of aliphatic hydroxyl groups is 1. The predicted molar refractivity (Wildman–Crippen MR) is 88.2 cm³/mol. The van der Waals surface area contributed by atoms with E-state index < -0.39 is 5.60 Å². The molecule has 2 heterocycles. The van der Waals surface area contributed by atoms with Gasteiger partial charge in [-0.15, -0.1) is 0 Å². The minimum atomic E-state index is -0.980. The van der Waals surface area contributed by atoms with Gasteiger partial charge in [0.1, 0.15) is 6.33 Å². The van der Waals surface area contributed by atoms with Crippen LogP contribution in [0, 0.1) is 5.82 Å². The molecule has 1 fully saturated rings. The molecule has 1 saturated heterocycles. The summed E-state index contributed by atoms with van der Waals surface area (Å²) >= 11 is 6.21. The van der Waals surface area contributed by atoms with Crippen LogP contribution >= 0.6 is 11.6 Å². The number of rotatable bonds is 3. The zero-order chi connectivity index (χ0) is 16.4. The fourth-order valence-corrected chi connectivity index (χ4v) is 3.37. The third-order valence-electron chi connectivity index (χ3n) is 4.44. The second-order valence-electron chi connectivity index (χ2n) is 5.81. The zero-order valence-electron chi connectivity index (χ0n) is 13.0. The van der Waals surface area contributed by atoms with Gasteiger partial charge >= 0.3 is 0 Å². The average molecular weight is 336 g/mol. The normalized spacial score (nSPS) is 17.3. The molecule has 3 rings (SSSR count). The number of nitrogens with zero attached hydrogens (tertiary/aromatic N) is 3. The molecule has 0 atom stereocenters. The van der Waals surface area contributed by atoms with E-state index in [0.717, 1.165) is 5.56 Å². The standard InChI is InChI=1S/C17H19ClFN3O/c1-2-14-15(19)16(21-11-20-14)22-9-7-17(23,8-10-22)12-5-3-4-6-13(12)18/h3-6,11,23H,2,7-10H2,1H3. The van der Waals surface area contributed by atoms with Crippen LogP contribution in [0.2, 0.25) is 5.02 Å². The van der Waals surface area contributed by atoms with Crippen molar-refractivity contribution in [1.82, 2.24) is 9.97 Å². The number of anilines is 1. The van der Waals surface area contributed by atoms with Crippen LogP contribution in [0.1, 0.15) is 31.0 Å². The first-order valence-corrected chi connectivity index (χ1v) is 8.14. The largest absolute Gasteiger partial charge is 0.385 e. The van der Waals surface area contributed by atoms with Crippen molar-refractivity contribution >= 4 is 17.4 Å². The molecular formula is C17H19ClFN3O. The fraction of sp³-hybridized carbons (Fsp3) is 0.412. The molecule has 0 saturated carbocycles. The number of halogens is 2. The Bertz CT molecular complexity index is 702. The lowest BCUT2D eigenvalue weighted by atomic mass is 9.84. The molecule has 1 aromatic heterocycles. The summed E-state index contributed by atoms with van der Waals surface area (Å²) < 4.78 is 14.4. The Kier molecular flexibility index (Phi) is 4.50. The molecule has 0 spiro atoms. The minimum absolute atomic E-state index is 0.318. The van der Waals surface area contributed by atoms with Crippen LogP contribution < -0.4 is 4.90 Å². The van der Waals surface area contributed by atoms with E-state index in [0.29, 0.717) is 48.9 Å². The van der Waals surface area contributed by atoms with Crippen LogP contribution in [0.15, 0.2) is 30.6 Å². The van der Waals surface area contributed by atoms with Gasteiger partial charge < -0.3 is 10.0 Å².